The minimum Gasteiger partial charge on any atom is -0.490 e. The average molecular weight is 379 g/mol. The molecule has 1 aromatic carbocycles. The lowest BCUT2D eigenvalue weighted by Gasteiger charge is -2.47. The van der Waals surface area contributed by atoms with Gasteiger partial charge in [0.2, 0.25) is 0 Å². The summed E-state index contributed by atoms with van der Waals surface area (Å²) in [7, 11) is 0. The fraction of sp³-hybridized carbons (Fsp3) is 0.640. The maximum atomic E-state index is 6.26. The van der Waals surface area contributed by atoms with Crippen molar-refractivity contribution in [1.29, 1.82) is 0 Å². The molecule has 6 rings (SSSR count). The van der Waals surface area contributed by atoms with Gasteiger partial charge >= 0.3 is 0 Å². The third kappa shape index (κ3) is 3.91. The quantitative estimate of drug-likeness (QED) is 0.692. The second kappa shape index (κ2) is 7.67. The average Bonchev–Trinajstić information content (AvgIpc) is 2.75. The first kappa shape index (κ1) is 18.4. The highest BCUT2D eigenvalue weighted by Crippen LogP contribution is 2.44. The maximum Gasteiger partial charge on any atom is 0.120 e. The second-order valence-corrected chi connectivity index (χ2v) is 9.77. The minimum atomic E-state index is 0.384. The Morgan fingerprint density at radius 1 is 0.964 bits per heavy atom. The molecule has 4 aliphatic carbocycles. The van der Waals surface area contributed by atoms with Gasteiger partial charge in [0.1, 0.15) is 5.75 Å². The van der Waals surface area contributed by atoms with Crippen LogP contribution in [0.2, 0.25) is 0 Å². The highest BCUT2D eigenvalue weighted by atomic mass is 16.5. The van der Waals surface area contributed by atoms with Crippen molar-refractivity contribution >= 4 is 10.9 Å². The van der Waals surface area contributed by atoms with Crippen molar-refractivity contribution in [3.63, 3.8) is 0 Å². The Hall–Kier alpha value is -1.61. The van der Waals surface area contributed by atoms with Gasteiger partial charge in [0.05, 0.1) is 17.3 Å². The number of rotatable bonds is 5. The predicted molar refractivity (Wildman–Crippen MR) is 115 cm³/mol. The van der Waals surface area contributed by atoms with Crippen LogP contribution in [0.4, 0.5) is 0 Å². The van der Waals surface area contributed by atoms with Gasteiger partial charge in [-0.2, -0.15) is 0 Å². The number of aromatic nitrogens is 1. The van der Waals surface area contributed by atoms with Crippen LogP contribution in [0.1, 0.15) is 76.8 Å². The summed E-state index contributed by atoms with van der Waals surface area (Å²) >= 11 is 0. The monoisotopic (exact) mass is 378 g/mol. The van der Waals surface area contributed by atoms with E-state index in [2.05, 4.69) is 42.6 Å². The molecular formula is C25H34N2O. The van der Waals surface area contributed by atoms with E-state index >= 15 is 0 Å². The molecule has 28 heavy (non-hydrogen) atoms. The molecule has 1 heterocycles. The van der Waals surface area contributed by atoms with E-state index < -0.39 is 0 Å². The van der Waals surface area contributed by atoms with E-state index in [4.69, 9.17) is 9.72 Å². The molecule has 0 radical (unpaired) electrons. The van der Waals surface area contributed by atoms with Crippen LogP contribution in [0.3, 0.4) is 0 Å². The number of fused-ring (bicyclic) bond motifs is 4. The summed E-state index contributed by atoms with van der Waals surface area (Å²) < 4.78 is 6.26. The van der Waals surface area contributed by atoms with Gasteiger partial charge in [0, 0.05) is 17.5 Å². The predicted octanol–water partition coefficient (Wildman–Crippen LogP) is 6.00. The summed E-state index contributed by atoms with van der Waals surface area (Å²) in [5.41, 5.74) is 2.62. The van der Waals surface area contributed by atoms with Gasteiger partial charge in [0.15, 0.2) is 0 Å². The van der Waals surface area contributed by atoms with Crippen molar-refractivity contribution in [2.45, 2.75) is 89.3 Å². The fourth-order valence-corrected chi connectivity index (χ4v) is 5.65. The van der Waals surface area contributed by atoms with Crippen LogP contribution < -0.4 is 10.1 Å². The van der Waals surface area contributed by atoms with Crippen LogP contribution in [0.25, 0.3) is 10.9 Å². The summed E-state index contributed by atoms with van der Waals surface area (Å²) in [5, 5.41) is 5.07. The second-order valence-electron chi connectivity index (χ2n) is 9.77. The zero-order valence-corrected chi connectivity index (χ0v) is 17.3. The molecule has 4 aliphatic rings. The molecule has 2 bridgehead atoms. The molecule has 150 valence electrons. The molecular weight excluding hydrogens is 344 g/mol. The molecule has 4 fully saturated rings. The molecule has 1 aromatic heterocycles. The van der Waals surface area contributed by atoms with Gasteiger partial charge in [-0.25, -0.2) is 0 Å². The van der Waals surface area contributed by atoms with Crippen molar-refractivity contribution in [2.24, 2.45) is 11.8 Å². The smallest absolute Gasteiger partial charge is 0.120 e. The summed E-state index contributed by atoms with van der Waals surface area (Å²) in [4.78, 5) is 4.92. The Morgan fingerprint density at radius 2 is 1.71 bits per heavy atom. The number of hydrogen-bond donors (Lipinski definition) is 1. The van der Waals surface area contributed by atoms with Gasteiger partial charge in [0.25, 0.3) is 0 Å². The van der Waals surface area contributed by atoms with E-state index in [0.29, 0.717) is 11.6 Å². The van der Waals surface area contributed by atoms with Crippen LogP contribution in [0, 0.1) is 11.8 Å². The van der Waals surface area contributed by atoms with Crippen LogP contribution in [0.5, 0.6) is 5.75 Å². The van der Waals surface area contributed by atoms with E-state index in [9.17, 15) is 0 Å². The fourth-order valence-electron chi connectivity index (χ4n) is 5.65. The number of hydrogen-bond acceptors (Lipinski definition) is 3. The van der Waals surface area contributed by atoms with Gasteiger partial charge < -0.3 is 10.1 Å². The van der Waals surface area contributed by atoms with E-state index in [1.54, 1.807) is 0 Å². The molecule has 0 atom stereocenters. The Balaban J connectivity index is 1.23. The van der Waals surface area contributed by atoms with Gasteiger partial charge in [-0.15, -0.1) is 0 Å². The molecule has 3 nitrogen and oxygen atoms in total. The number of ether oxygens (including phenoxy) is 1. The Morgan fingerprint density at radius 3 is 2.46 bits per heavy atom. The molecule has 2 aromatic rings. The first-order valence-corrected chi connectivity index (χ1v) is 11.5. The zero-order valence-electron chi connectivity index (χ0n) is 17.3. The largest absolute Gasteiger partial charge is 0.490 e. The molecule has 1 N–H and O–H groups in total. The lowest BCUT2D eigenvalue weighted by molar-refractivity contribution is 0.103. The van der Waals surface area contributed by atoms with Crippen molar-refractivity contribution in [3.8, 4) is 5.75 Å². The highest BCUT2D eigenvalue weighted by Gasteiger charge is 2.39. The Labute approximate surface area is 169 Å². The minimum absolute atomic E-state index is 0.384. The van der Waals surface area contributed by atoms with Gasteiger partial charge in [-0.3, -0.25) is 4.98 Å². The van der Waals surface area contributed by atoms with E-state index in [0.717, 1.165) is 35.3 Å². The van der Waals surface area contributed by atoms with Crippen molar-refractivity contribution in [3.05, 3.63) is 36.0 Å². The summed E-state index contributed by atoms with van der Waals surface area (Å²) in [5.74, 6) is 2.87. The zero-order chi connectivity index (χ0) is 19.0. The van der Waals surface area contributed by atoms with Crippen LogP contribution >= 0.6 is 0 Å². The summed E-state index contributed by atoms with van der Waals surface area (Å²) in [6, 6.07) is 10.8. The highest BCUT2D eigenvalue weighted by molar-refractivity contribution is 5.80. The topological polar surface area (TPSA) is 34.1 Å². The molecule has 0 saturated heterocycles. The molecule has 0 unspecified atom stereocenters. The molecule has 0 spiro atoms. The van der Waals surface area contributed by atoms with Crippen molar-refractivity contribution in [2.75, 3.05) is 0 Å². The van der Waals surface area contributed by atoms with Crippen LogP contribution in [0.15, 0.2) is 30.3 Å². The molecule has 0 amide bonds. The number of benzene rings is 1. The first-order chi connectivity index (χ1) is 13.7. The molecule has 3 heteroatoms. The maximum absolute atomic E-state index is 6.26. The van der Waals surface area contributed by atoms with Crippen LogP contribution in [-0.4, -0.2) is 16.6 Å². The normalized spacial score (nSPS) is 32.5. The SMILES string of the molecule is C[C@H]1CC[C@@H](Oc2ccc3nc(CNC45CCC(CC4)CC5)ccc3c2)CC1. The van der Waals surface area contributed by atoms with E-state index in [1.807, 2.05) is 0 Å². The number of pyridine rings is 1. The summed E-state index contributed by atoms with van der Waals surface area (Å²) in [6.07, 6.45) is 13.6. The molecule has 4 saturated carbocycles. The number of nitrogens with one attached hydrogen (secondary N) is 1. The third-order valence-electron chi connectivity index (χ3n) is 7.72. The standard InChI is InChI=1S/C25H34N2O/c1-18-2-6-22(7-3-18)28-23-8-9-24-20(16-23)4-5-21(27-24)17-26-25-13-10-19(11-14-25)12-15-25/h4-5,8-9,16,18-19,22,26H,2-3,6-7,10-15,17H2,1H3/t18-,19?,22+,25?. The van der Waals surface area contributed by atoms with Gasteiger partial charge in [-0.05, 0) is 100 Å². The van der Waals surface area contributed by atoms with Crippen molar-refractivity contribution < 1.29 is 4.74 Å². The Bertz CT molecular complexity index is 803. The summed E-state index contributed by atoms with van der Waals surface area (Å²) in [6.45, 7) is 3.24. The van der Waals surface area contributed by atoms with E-state index in [-0.39, 0.29) is 0 Å². The number of nitrogens with zero attached hydrogens (tertiary/aromatic N) is 1. The van der Waals surface area contributed by atoms with E-state index in [1.165, 1.54) is 69.6 Å². The third-order valence-corrected chi connectivity index (χ3v) is 7.72. The van der Waals surface area contributed by atoms with Gasteiger partial charge in [-0.1, -0.05) is 13.0 Å². The lowest BCUT2D eigenvalue weighted by Crippen LogP contribution is -2.51. The Kier molecular flexibility index (Phi) is 5.04. The molecule has 0 aliphatic heterocycles. The first-order valence-electron chi connectivity index (χ1n) is 11.5. The lowest BCUT2D eigenvalue weighted by atomic mass is 9.66. The van der Waals surface area contributed by atoms with Crippen LogP contribution in [-0.2, 0) is 6.54 Å². The van der Waals surface area contributed by atoms with Crippen molar-refractivity contribution in [1.82, 2.24) is 10.3 Å².